The molecular formula is C14H10F4N2O. The highest BCUT2D eigenvalue weighted by Gasteiger charge is 2.31. The second kappa shape index (κ2) is 5.90. The summed E-state index contributed by atoms with van der Waals surface area (Å²) in [7, 11) is 0. The van der Waals surface area contributed by atoms with Crippen molar-refractivity contribution in [3.63, 3.8) is 0 Å². The third kappa shape index (κ3) is 3.77. The maximum absolute atomic E-state index is 13.5. The van der Waals surface area contributed by atoms with E-state index in [1.165, 1.54) is 6.20 Å². The summed E-state index contributed by atoms with van der Waals surface area (Å²) in [5.41, 5.74) is -1.22. The lowest BCUT2D eigenvalue weighted by atomic mass is 10.1. The standard InChI is InChI=1S/C14H10F4N2O/c15-12-5-4-9(14(16,17)18)7-11(12)13(21)20-8-10-3-1-2-6-19-10/h1-7H,8H2,(H,20,21). The Balaban J connectivity index is 2.15. The van der Waals surface area contributed by atoms with E-state index in [1.54, 1.807) is 18.2 Å². The van der Waals surface area contributed by atoms with E-state index in [9.17, 15) is 22.4 Å². The molecule has 110 valence electrons. The normalized spacial score (nSPS) is 11.2. The first-order valence-electron chi connectivity index (χ1n) is 5.93. The first-order chi connectivity index (χ1) is 9.88. The molecule has 3 nitrogen and oxygen atoms in total. The first-order valence-corrected chi connectivity index (χ1v) is 5.93. The third-order valence-corrected chi connectivity index (χ3v) is 2.69. The Bertz CT molecular complexity index is 641. The Morgan fingerprint density at radius 1 is 1.19 bits per heavy atom. The Labute approximate surface area is 117 Å². The number of hydrogen-bond acceptors (Lipinski definition) is 2. The fourth-order valence-corrected chi connectivity index (χ4v) is 1.64. The molecule has 0 radical (unpaired) electrons. The van der Waals surface area contributed by atoms with Gasteiger partial charge in [0, 0.05) is 6.20 Å². The number of carbonyl (C=O) groups is 1. The van der Waals surface area contributed by atoms with Crippen LogP contribution in [0.25, 0.3) is 0 Å². The molecule has 1 N–H and O–H groups in total. The van der Waals surface area contributed by atoms with Crippen molar-refractivity contribution in [2.45, 2.75) is 12.7 Å². The van der Waals surface area contributed by atoms with E-state index in [1.807, 2.05) is 0 Å². The number of amides is 1. The average Bonchev–Trinajstić information content (AvgIpc) is 2.45. The minimum atomic E-state index is -4.64. The van der Waals surface area contributed by atoms with Gasteiger partial charge in [-0.25, -0.2) is 4.39 Å². The largest absolute Gasteiger partial charge is 0.416 e. The zero-order chi connectivity index (χ0) is 15.5. The lowest BCUT2D eigenvalue weighted by molar-refractivity contribution is -0.137. The van der Waals surface area contributed by atoms with Gasteiger partial charge in [0.05, 0.1) is 23.4 Å². The fraction of sp³-hybridized carbons (Fsp3) is 0.143. The number of carbonyl (C=O) groups excluding carboxylic acids is 1. The molecule has 0 saturated carbocycles. The number of aromatic nitrogens is 1. The lowest BCUT2D eigenvalue weighted by Gasteiger charge is -2.10. The van der Waals surface area contributed by atoms with Crippen molar-refractivity contribution in [3.05, 3.63) is 65.2 Å². The van der Waals surface area contributed by atoms with E-state index < -0.39 is 29.0 Å². The zero-order valence-corrected chi connectivity index (χ0v) is 10.6. The van der Waals surface area contributed by atoms with Crippen LogP contribution in [-0.4, -0.2) is 10.9 Å². The summed E-state index contributed by atoms with van der Waals surface area (Å²) in [4.78, 5) is 15.7. The molecule has 7 heteroatoms. The van der Waals surface area contributed by atoms with Crippen LogP contribution in [0.4, 0.5) is 17.6 Å². The van der Waals surface area contributed by atoms with Crippen LogP contribution in [0.5, 0.6) is 0 Å². The average molecular weight is 298 g/mol. The number of alkyl halides is 3. The summed E-state index contributed by atoms with van der Waals surface area (Å²) in [6.07, 6.45) is -3.13. The predicted octanol–water partition coefficient (Wildman–Crippen LogP) is 3.17. The van der Waals surface area contributed by atoms with Gasteiger partial charge < -0.3 is 5.32 Å². The van der Waals surface area contributed by atoms with Gasteiger partial charge >= 0.3 is 6.18 Å². The van der Waals surface area contributed by atoms with Gasteiger partial charge in [0.15, 0.2) is 0 Å². The van der Waals surface area contributed by atoms with Crippen LogP contribution >= 0.6 is 0 Å². The summed E-state index contributed by atoms with van der Waals surface area (Å²) in [6, 6.07) is 6.70. The molecule has 1 aromatic heterocycles. The maximum Gasteiger partial charge on any atom is 0.416 e. The molecule has 0 aliphatic rings. The fourth-order valence-electron chi connectivity index (χ4n) is 1.64. The van der Waals surface area contributed by atoms with Crippen LogP contribution in [0.15, 0.2) is 42.6 Å². The number of halogens is 4. The summed E-state index contributed by atoms with van der Waals surface area (Å²) in [5, 5.41) is 2.33. The smallest absolute Gasteiger partial charge is 0.346 e. The van der Waals surface area contributed by atoms with Crippen LogP contribution in [0.1, 0.15) is 21.6 Å². The molecule has 0 atom stereocenters. The van der Waals surface area contributed by atoms with E-state index in [2.05, 4.69) is 10.3 Å². The molecule has 0 saturated heterocycles. The van der Waals surface area contributed by atoms with Crippen molar-refractivity contribution in [2.24, 2.45) is 0 Å². The quantitative estimate of drug-likeness (QED) is 0.884. The zero-order valence-electron chi connectivity index (χ0n) is 10.6. The summed E-state index contributed by atoms with van der Waals surface area (Å²) >= 11 is 0. The van der Waals surface area contributed by atoms with Gasteiger partial charge in [-0.1, -0.05) is 6.07 Å². The topological polar surface area (TPSA) is 42.0 Å². The van der Waals surface area contributed by atoms with E-state index >= 15 is 0 Å². The molecule has 1 amide bonds. The van der Waals surface area contributed by atoms with E-state index in [0.29, 0.717) is 23.9 Å². The van der Waals surface area contributed by atoms with Crippen LogP contribution in [0.2, 0.25) is 0 Å². The molecule has 2 rings (SSSR count). The molecule has 2 aromatic rings. The SMILES string of the molecule is O=C(NCc1ccccn1)c1cc(C(F)(F)F)ccc1F. The highest BCUT2D eigenvalue weighted by Crippen LogP contribution is 2.30. The van der Waals surface area contributed by atoms with Crippen molar-refractivity contribution in [2.75, 3.05) is 0 Å². The number of benzene rings is 1. The van der Waals surface area contributed by atoms with Gasteiger partial charge in [-0.2, -0.15) is 13.2 Å². The van der Waals surface area contributed by atoms with Crippen molar-refractivity contribution in [1.29, 1.82) is 0 Å². The predicted molar refractivity (Wildman–Crippen MR) is 66.8 cm³/mol. The van der Waals surface area contributed by atoms with Crippen LogP contribution < -0.4 is 5.32 Å². The second-order valence-electron chi connectivity index (χ2n) is 4.20. The number of nitrogens with zero attached hydrogens (tertiary/aromatic N) is 1. The molecule has 0 unspecified atom stereocenters. The molecule has 21 heavy (non-hydrogen) atoms. The van der Waals surface area contributed by atoms with Crippen molar-refractivity contribution in [1.82, 2.24) is 10.3 Å². The van der Waals surface area contributed by atoms with E-state index in [4.69, 9.17) is 0 Å². The molecule has 1 aromatic carbocycles. The molecular weight excluding hydrogens is 288 g/mol. The molecule has 0 aliphatic heterocycles. The minimum absolute atomic E-state index is 0.00460. The Morgan fingerprint density at radius 2 is 1.95 bits per heavy atom. The Morgan fingerprint density at radius 3 is 2.57 bits per heavy atom. The molecule has 1 heterocycles. The van der Waals surface area contributed by atoms with Crippen molar-refractivity contribution < 1.29 is 22.4 Å². The van der Waals surface area contributed by atoms with Gasteiger partial charge in [-0.15, -0.1) is 0 Å². The maximum atomic E-state index is 13.5. The summed E-state index contributed by atoms with van der Waals surface area (Å²) in [6.45, 7) is -0.00460. The van der Waals surface area contributed by atoms with Gasteiger partial charge in [0.2, 0.25) is 0 Å². The van der Waals surface area contributed by atoms with E-state index in [-0.39, 0.29) is 6.54 Å². The second-order valence-corrected chi connectivity index (χ2v) is 4.20. The summed E-state index contributed by atoms with van der Waals surface area (Å²) < 4.78 is 51.1. The highest BCUT2D eigenvalue weighted by molar-refractivity contribution is 5.94. The van der Waals surface area contributed by atoms with Crippen molar-refractivity contribution in [3.8, 4) is 0 Å². The summed E-state index contributed by atoms with van der Waals surface area (Å²) in [5.74, 6) is -1.94. The van der Waals surface area contributed by atoms with Gasteiger partial charge in [0.1, 0.15) is 5.82 Å². The van der Waals surface area contributed by atoms with Crippen LogP contribution in [0, 0.1) is 5.82 Å². The van der Waals surface area contributed by atoms with Gasteiger partial charge in [0.25, 0.3) is 5.91 Å². The first kappa shape index (κ1) is 15.0. The number of rotatable bonds is 3. The lowest BCUT2D eigenvalue weighted by Crippen LogP contribution is -2.24. The van der Waals surface area contributed by atoms with Crippen molar-refractivity contribution >= 4 is 5.91 Å². The minimum Gasteiger partial charge on any atom is -0.346 e. The van der Waals surface area contributed by atoms with Gasteiger partial charge in [-0.05, 0) is 30.3 Å². The van der Waals surface area contributed by atoms with E-state index in [0.717, 1.165) is 0 Å². The monoisotopic (exact) mass is 298 g/mol. The number of hydrogen-bond donors (Lipinski definition) is 1. The third-order valence-electron chi connectivity index (χ3n) is 2.69. The molecule has 0 fully saturated rings. The number of pyridine rings is 1. The molecule has 0 aliphatic carbocycles. The Hall–Kier alpha value is -2.44. The highest BCUT2D eigenvalue weighted by atomic mass is 19.4. The number of nitrogens with one attached hydrogen (secondary N) is 1. The molecule has 0 spiro atoms. The molecule has 0 bridgehead atoms. The van der Waals surface area contributed by atoms with Crippen LogP contribution in [0.3, 0.4) is 0 Å². The Kier molecular flexibility index (Phi) is 4.21. The van der Waals surface area contributed by atoms with Crippen LogP contribution in [-0.2, 0) is 12.7 Å². The van der Waals surface area contributed by atoms with Gasteiger partial charge in [-0.3, -0.25) is 9.78 Å².